The second kappa shape index (κ2) is 6.68. The van der Waals surface area contributed by atoms with Crippen molar-refractivity contribution < 1.29 is 9.59 Å². The number of para-hydroxylation sites is 1. The quantitative estimate of drug-likeness (QED) is 0.804. The molecule has 0 aromatic heterocycles. The summed E-state index contributed by atoms with van der Waals surface area (Å²) >= 11 is 0. The van der Waals surface area contributed by atoms with E-state index in [0.29, 0.717) is 13.1 Å². The second-order valence-electron chi connectivity index (χ2n) is 3.64. The van der Waals surface area contributed by atoms with Gasteiger partial charge in [-0.3, -0.25) is 9.59 Å². The van der Waals surface area contributed by atoms with Gasteiger partial charge in [-0.15, -0.1) is 0 Å². The molecule has 0 bridgehead atoms. The van der Waals surface area contributed by atoms with E-state index in [9.17, 15) is 9.59 Å². The molecule has 2 amide bonds. The van der Waals surface area contributed by atoms with Crippen molar-refractivity contribution in [2.75, 3.05) is 18.0 Å². The van der Waals surface area contributed by atoms with Crippen LogP contribution in [-0.2, 0) is 9.59 Å². The van der Waals surface area contributed by atoms with Crippen molar-refractivity contribution in [3.63, 3.8) is 0 Å². The van der Waals surface area contributed by atoms with E-state index in [4.69, 9.17) is 0 Å². The minimum Gasteiger partial charge on any atom is -0.348 e. The fourth-order valence-electron chi connectivity index (χ4n) is 1.49. The largest absolute Gasteiger partial charge is 0.348 e. The third kappa shape index (κ3) is 3.59. The van der Waals surface area contributed by atoms with Crippen molar-refractivity contribution in [1.29, 1.82) is 0 Å². The lowest BCUT2D eigenvalue weighted by atomic mass is 10.2. The number of anilines is 1. The highest BCUT2D eigenvalue weighted by molar-refractivity contribution is 6.40. The van der Waals surface area contributed by atoms with Crippen LogP contribution < -0.4 is 10.2 Å². The van der Waals surface area contributed by atoms with Crippen molar-refractivity contribution >= 4 is 17.5 Å². The molecule has 4 nitrogen and oxygen atoms in total. The Morgan fingerprint density at radius 2 is 1.82 bits per heavy atom. The number of rotatable bonds is 4. The third-order valence-corrected chi connectivity index (χ3v) is 2.36. The highest BCUT2D eigenvalue weighted by Crippen LogP contribution is 2.12. The molecule has 0 unspecified atom stereocenters. The molecule has 0 spiro atoms. The van der Waals surface area contributed by atoms with E-state index in [1.807, 2.05) is 44.2 Å². The van der Waals surface area contributed by atoms with Crippen molar-refractivity contribution in [2.24, 2.45) is 0 Å². The summed E-state index contributed by atoms with van der Waals surface area (Å²) in [6, 6.07) is 9.19. The van der Waals surface area contributed by atoms with Crippen molar-refractivity contribution in [1.82, 2.24) is 5.32 Å². The number of nitrogens with zero attached hydrogens (tertiary/aromatic N) is 1. The first-order valence-electron chi connectivity index (χ1n) is 5.85. The predicted octanol–water partition coefficient (Wildman–Crippen LogP) is 1.57. The molecule has 92 valence electrons. The number of hydrogen-bond donors (Lipinski definition) is 1. The van der Waals surface area contributed by atoms with Gasteiger partial charge in [0.15, 0.2) is 0 Å². The van der Waals surface area contributed by atoms with Gasteiger partial charge in [0.2, 0.25) is 0 Å². The standard InChI is InChI=1S/C13H18N2O2/c1-3-10-14-12(16)13(17)15(4-2)11-8-6-5-7-9-11/h5-9H,3-4,10H2,1-2H3,(H,14,16). The first kappa shape index (κ1) is 13.2. The van der Waals surface area contributed by atoms with Crippen LogP contribution in [0.25, 0.3) is 0 Å². The molecule has 0 fully saturated rings. The van der Waals surface area contributed by atoms with Gasteiger partial charge < -0.3 is 10.2 Å². The lowest BCUT2D eigenvalue weighted by Crippen LogP contribution is -2.43. The number of hydrogen-bond acceptors (Lipinski definition) is 2. The molecule has 0 radical (unpaired) electrons. The van der Waals surface area contributed by atoms with Crippen molar-refractivity contribution in [2.45, 2.75) is 20.3 Å². The van der Waals surface area contributed by atoms with Gasteiger partial charge in [-0.25, -0.2) is 0 Å². The highest BCUT2D eigenvalue weighted by Gasteiger charge is 2.20. The van der Waals surface area contributed by atoms with Gasteiger partial charge in [-0.1, -0.05) is 25.1 Å². The Kier molecular flexibility index (Phi) is 5.20. The molecule has 0 saturated heterocycles. The fourth-order valence-corrected chi connectivity index (χ4v) is 1.49. The topological polar surface area (TPSA) is 49.4 Å². The van der Waals surface area contributed by atoms with Gasteiger partial charge in [0.1, 0.15) is 0 Å². The number of likely N-dealkylation sites (N-methyl/N-ethyl adjacent to an activating group) is 1. The summed E-state index contributed by atoms with van der Waals surface area (Å²) in [4.78, 5) is 24.9. The molecule has 0 aliphatic heterocycles. The molecule has 0 aliphatic carbocycles. The monoisotopic (exact) mass is 234 g/mol. The molecular formula is C13H18N2O2. The SMILES string of the molecule is CCCNC(=O)C(=O)N(CC)c1ccccc1. The Labute approximate surface area is 102 Å². The van der Waals surface area contributed by atoms with Crippen LogP contribution in [0.2, 0.25) is 0 Å². The first-order chi connectivity index (χ1) is 8.20. The first-order valence-corrected chi connectivity index (χ1v) is 5.85. The molecule has 0 saturated carbocycles. The van der Waals surface area contributed by atoms with Crippen LogP contribution in [0.5, 0.6) is 0 Å². The Balaban J connectivity index is 2.74. The van der Waals surface area contributed by atoms with Crippen LogP contribution in [0.3, 0.4) is 0 Å². The summed E-state index contributed by atoms with van der Waals surface area (Å²) < 4.78 is 0. The van der Waals surface area contributed by atoms with Crippen LogP contribution >= 0.6 is 0 Å². The van der Waals surface area contributed by atoms with Crippen LogP contribution in [0.15, 0.2) is 30.3 Å². The molecule has 1 aromatic rings. The summed E-state index contributed by atoms with van der Waals surface area (Å²) in [6.07, 6.45) is 0.816. The number of carbonyl (C=O) groups excluding carboxylic acids is 2. The molecule has 4 heteroatoms. The van der Waals surface area contributed by atoms with Gasteiger partial charge in [0.05, 0.1) is 0 Å². The number of nitrogens with one attached hydrogen (secondary N) is 1. The van der Waals surface area contributed by atoms with Gasteiger partial charge in [-0.2, -0.15) is 0 Å². The maximum Gasteiger partial charge on any atom is 0.316 e. The zero-order chi connectivity index (χ0) is 12.7. The van der Waals surface area contributed by atoms with Gasteiger partial charge >= 0.3 is 11.8 Å². The molecule has 0 atom stereocenters. The molecule has 0 aliphatic rings. The van der Waals surface area contributed by atoms with E-state index in [1.165, 1.54) is 4.90 Å². The maximum atomic E-state index is 11.9. The smallest absolute Gasteiger partial charge is 0.316 e. The summed E-state index contributed by atoms with van der Waals surface area (Å²) in [5.74, 6) is -1.05. The molecule has 1 aromatic carbocycles. The average molecular weight is 234 g/mol. The maximum absolute atomic E-state index is 11.9. The Morgan fingerprint density at radius 3 is 2.35 bits per heavy atom. The molecular weight excluding hydrogens is 216 g/mol. The van der Waals surface area contributed by atoms with E-state index >= 15 is 0 Å². The lowest BCUT2D eigenvalue weighted by Gasteiger charge is -2.20. The minimum absolute atomic E-state index is 0.475. The van der Waals surface area contributed by atoms with E-state index in [1.54, 1.807) is 0 Å². The Bertz CT molecular complexity index is 376. The molecule has 1 N–H and O–H groups in total. The van der Waals surface area contributed by atoms with E-state index in [0.717, 1.165) is 12.1 Å². The highest BCUT2D eigenvalue weighted by atomic mass is 16.2. The van der Waals surface area contributed by atoms with Gasteiger partial charge in [0.25, 0.3) is 0 Å². The number of amides is 2. The number of benzene rings is 1. The second-order valence-corrected chi connectivity index (χ2v) is 3.64. The van der Waals surface area contributed by atoms with Crippen LogP contribution in [0, 0.1) is 0 Å². The summed E-state index contributed by atoms with van der Waals surface area (Å²) in [6.45, 7) is 4.79. The van der Waals surface area contributed by atoms with Gasteiger partial charge in [-0.05, 0) is 25.5 Å². The summed E-state index contributed by atoms with van der Waals surface area (Å²) in [5, 5.41) is 2.59. The van der Waals surface area contributed by atoms with Crippen molar-refractivity contribution in [3.05, 3.63) is 30.3 Å². The summed E-state index contributed by atoms with van der Waals surface area (Å²) in [7, 11) is 0. The molecule has 0 heterocycles. The number of carbonyl (C=O) groups is 2. The van der Waals surface area contributed by atoms with Crippen LogP contribution in [0.1, 0.15) is 20.3 Å². The van der Waals surface area contributed by atoms with E-state index < -0.39 is 11.8 Å². The van der Waals surface area contributed by atoms with Gasteiger partial charge in [0, 0.05) is 18.8 Å². The minimum atomic E-state index is -0.544. The Morgan fingerprint density at radius 1 is 1.18 bits per heavy atom. The van der Waals surface area contributed by atoms with E-state index in [-0.39, 0.29) is 0 Å². The van der Waals surface area contributed by atoms with Crippen LogP contribution in [0.4, 0.5) is 5.69 Å². The van der Waals surface area contributed by atoms with E-state index in [2.05, 4.69) is 5.32 Å². The lowest BCUT2D eigenvalue weighted by molar-refractivity contribution is -0.137. The van der Waals surface area contributed by atoms with Crippen molar-refractivity contribution in [3.8, 4) is 0 Å². The fraction of sp³-hybridized carbons (Fsp3) is 0.385. The Hall–Kier alpha value is -1.84. The molecule has 17 heavy (non-hydrogen) atoms. The predicted molar refractivity (Wildman–Crippen MR) is 67.8 cm³/mol. The molecule has 1 rings (SSSR count). The average Bonchev–Trinajstić information content (AvgIpc) is 2.38. The zero-order valence-electron chi connectivity index (χ0n) is 10.3. The summed E-state index contributed by atoms with van der Waals surface area (Å²) in [5.41, 5.74) is 0.742. The third-order valence-electron chi connectivity index (χ3n) is 2.36. The van der Waals surface area contributed by atoms with Crippen LogP contribution in [-0.4, -0.2) is 24.9 Å². The normalized spacial score (nSPS) is 9.76. The zero-order valence-corrected chi connectivity index (χ0v) is 10.3.